The molecule has 19 heteroatoms. The fourth-order valence-corrected chi connectivity index (χ4v) is 12.6. The Labute approximate surface area is 543 Å². The zero-order valence-electron chi connectivity index (χ0n) is 56.1. The van der Waals surface area contributed by atoms with Crippen molar-refractivity contribution in [3.8, 4) is 0 Å². The first-order valence-electron chi connectivity index (χ1n) is 36.6. The fraction of sp³-hybridized carbons (Fsp3) is 0.930. The smallest absolute Gasteiger partial charge is 0.220 e. The van der Waals surface area contributed by atoms with Gasteiger partial charge in [0.25, 0.3) is 0 Å². The minimum atomic E-state index is -1.98. The molecule has 3 fully saturated rings. The number of nitrogens with one attached hydrogen (secondary N) is 1. The average Bonchev–Trinajstić information content (AvgIpc) is 1.32. The highest BCUT2D eigenvalue weighted by atomic mass is 16.8. The van der Waals surface area contributed by atoms with Gasteiger partial charge in [-0.25, -0.2) is 0 Å². The van der Waals surface area contributed by atoms with Crippen molar-refractivity contribution in [2.45, 2.75) is 394 Å². The Kier molecular flexibility index (Phi) is 49.0. The summed E-state index contributed by atoms with van der Waals surface area (Å²) in [6.07, 6.45) is 34.4. The van der Waals surface area contributed by atoms with Crippen molar-refractivity contribution in [2.24, 2.45) is 0 Å². The molecular formula is C71H133NO18. The molecule has 0 radical (unpaired) electrons. The van der Waals surface area contributed by atoms with Gasteiger partial charge in [0.1, 0.15) is 73.2 Å². The van der Waals surface area contributed by atoms with Crippen LogP contribution in [0.4, 0.5) is 0 Å². The number of rotatable bonds is 57. The van der Waals surface area contributed by atoms with Crippen LogP contribution in [0.2, 0.25) is 0 Å². The van der Waals surface area contributed by atoms with Crippen LogP contribution < -0.4 is 5.32 Å². The van der Waals surface area contributed by atoms with Crippen LogP contribution in [0, 0.1) is 0 Å². The van der Waals surface area contributed by atoms with Gasteiger partial charge in [0, 0.05) is 6.42 Å². The van der Waals surface area contributed by atoms with Gasteiger partial charge in [-0.15, -0.1) is 0 Å². The van der Waals surface area contributed by atoms with E-state index in [1.165, 1.54) is 218 Å². The molecule has 530 valence electrons. The average molecular weight is 1290 g/mol. The monoisotopic (exact) mass is 1290 g/mol. The van der Waals surface area contributed by atoms with Crippen molar-refractivity contribution >= 4 is 5.91 Å². The third kappa shape index (κ3) is 34.8. The molecule has 90 heavy (non-hydrogen) atoms. The molecule has 0 aromatic heterocycles. The highest BCUT2D eigenvalue weighted by Gasteiger charge is 2.53. The summed E-state index contributed by atoms with van der Waals surface area (Å²) in [6, 6.07) is -0.987. The number of carbonyl (C=O) groups is 1. The maximum atomic E-state index is 13.4. The van der Waals surface area contributed by atoms with Crippen LogP contribution in [0.15, 0.2) is 24.3 Å². The number of carbonyl (C=O) groups excluding carboxylic acids is 1. The number of amides is 1. The van der Waals surface area contributed by atoms with E-state index in [9.17, 15) is 61.0 Å². The Morgan fingerprint density at radius 2 is 0.711 bits per heavy atom. The van der Waals surface area contributed by atoms with Crippen LogP contribution in [0.25, 0.3) is 0 Å². The largest absolute Gasteiger partial charge is 0.394 e. The summed E-state index contributed by atoms with van der Waals surface area (Å²) < 4.78 is 34.4. The van der Waals surface area contributed by atoms with E-state index >= 15 is 0 Å². The lowest BCUT2D eigenvalue weighted by Crippen LogP contribution is -2.66. The Morgan fingerprint density at radius 3 is 1.11 bits per heavy atom. The van der Waals surface area contributed by atoms with E-state index in [-0.39, 0.29) is 18.9 Å². The summed E-state index contributed by atoms with van der Waals surface area (Å²) in [7, 11) is 0. The van der Waals surface area contributed by atoms with Gasteiger partial charge < -0.3 is 89.9 Å². The lowest BCUT2D eigenvalue weighted by molar-refractivity contribution is -0.379. The van der Waals surface area contributed by atoms with Gasteiger partial charge in [-0.1, -0.05) is 276 Å². The first-order chi connectivity index (χ1) is 43.8. The number of aliphatic hydroxyl groups is 11. The van der Waals surface area contributed by atoms with E-state index in [0.717, 1.165) is 38.5 Å². The first-order valence-corrected chi connectivity index (χ1v) is 36.6. The number of hydrogen-bond acceptors (Lipinski definition) is 18. The molecule has 0 saturated carbocycles. The Bertz CT molecular complexity index is 1730. The van der Waals surface area contributed by atoms with E-state index < -0.39 is 124 Å². The SMILES string of the molecule is CCCCCCCCCCCCCCCCCCCC/C=C/CC/C=C/C(O)C(COC1OC(CO)C(OC2OC(CO)C(OC3OC(CO)C(O)C(O)C3O)C(O)C2O)C(O)C1O)NC(=O)CCCCCCCCCCCCCCCCCCCCCCC. The maximum absolute atomic E-state index is 13.4. The predicted molar refractivity (Wildman–Crippen MR) is 351 cm³/mol. The van der Waals surface area contributed by atoms with Crippen LogP contribution >= 0.6 is 0 Å². The molecule has 3 saturated heterocycles. The molecule has 1 amide bonds. The van der Waals surface area contributed by atoms with E-state index in [0.29, 0.717) is 12.8 Å². The van der Waals surface area contributed by atoms with Crippen LogP contribution in [-0.4, -0.2) is 193 Å². The standard InChI is InChI=1S/C71H133NO18/c1-3-5-7-9-11-13-15-17-19-21-23-25-26-27-29-30-32-34-36-38-40-42-44-46-48-55(76)54(72-59(77)49-47-45-43-41-39-37-35-33-31-28-24-22-20-18-16-14-12-10-8-6-4-2)53-85-69-65(83)62(80)67(57(51-74)87-69)90-71-66(84)63(81)68(58(52-75)88-71)89-70-64(82)61(79)60(78)56(50-73)86-70/h38,40,46,48,54-58,60-71,73-76,78-84H,3-37,39,41-45,47,49-53H2,1-2H3,(H,72,77)/b40-38+,48-46+. The third-order valence-corrected chi connectivity index (χ3v) is 18.5. The summed E-state index contributed by atoms with van der Waals surface area (Å²) >= 11 is 0. The van der Waals surface area contributed by atoms with Gasteiger partial charge in [0.2, 0.25) is 5.91 Å². The third-order valence-electron chi connectivity index (χ3n) is 18.5. The van der Waals surface area contributed by atoms with Crippen molar-refractivity contribution in [3.63, 3.8) is 0 Å². The second-order valence-corrected chi connectivity index (χ2v) is 26.4. The van der Waals surface area contributed by atoms with Crippen LogP contribution in [0.5, 0.6) is 0 Å². The highest BCUT2D eigenvalue weighted by Crippen LogP contribution is 2.33. The Balaban J connectivity index is 1.44. The molecular weight excluding hydrogens is 1150 g/mol. The molecule has 0 spiro atoms. The summed E-state index contributed by atoms with van der Waals surface area (Å²) in [5, 5.41) is 121. The molecule has 3 heterocycles. The Hall–Kier alpha value is -1.73. The lowest BCUT2D eigenvalue weighted by atomic mass is 9.96. The van der Waals surface area contributed by atoms with Crippen molar-refractivity contribution in [2.75, 3.05) is 26.4 Å². The zero-order valence-corrected chi connectivity index (χ0v) is 56.1. The molecule has 17 unspecified atom stereocenters. The van der Waals surface area contributed by atoms with E-state index in [1.54, 1.807) is 6.08 Å². The van der Waals surface area contributed by atoms with Gasteiger partial charge in [0.05, 0.1) is 38.6 Å². The zero-order chi connectivity index (χ0) is 65.4. The summed E-state index contributed by atoms with van der Waals surface area (Å²) in [6.45, 7) is 1.76. The molecule has 3 aliphatic heterocycles. The molecule has 0 aromatic carbocycles. The molecule has 17 atom stereocenters. The second kappa shape index (κ2) is 53.4. The minimum absolute atomic E-state index is 0.241. The van der Waals surface area contributed by atoms with E-state index in [1.807, 2.05) is 6.08 Å². The number of allylic oxidation sites excluding steroid dienone is 3. The van der Waals surface area contributed by atoms with Crippen molar-refractivity contribution < 1.29 is 89.4 Å². The second-order valence-electron chi connectivity index (χ2n) is 26.4. The number of ether oxygens (including phenoxy) is 6. The minimum Gasteiger partial charge on any atom is -0.394 e. The highest BCUT2D eigenvalue weighted by molar-refractivity contribution is 5.76. The van der Waals surface area contributed by atoms with Crippen LogP contribution in [-0.2, 0) is 33.2 Å². The van der Waals surface area contributed by atoms with Crippen molar-refractivity contribution in [1.29, 1.82) is 0 Å². The molecule has 0 bridgehead atoms. The predicted octanol–water partition coefficient (Wildman–Crippen LogP) is 10.2. The van der Waals surface area contributed by atoms with Gasteiger partial charge in [-0.3, -0.25) is 4.79 Å². The number of aliphatic hydroxyl groups excluding tert-OH is 11. The van der Waals surface area contributed by atoms with Crippen molar-refractivity contribution in [1.82, 2.24) is 5.32 Å². The van der Waals surface area contributed by atoms with Gasteiger partial charge >= 0.3 is 0 Å². The van der Waals surface area contributed by atoms with Gasteiger partial charge in [0.15, 0.2) is 18.9 Å². The van der Waals surface area contributed by atoms with Gasteiger partial charge in [-0.2, -0.15) is 0 Å². The molecule has 0 aliphatic carbocycles. The summed E-state index contributed by atoms with van der Waals surface area (Å²) in [5.74, 6) is -0.279. The Morgan fingerprint density at radius 1 is 0.389 bits per heavy atom. The summed E-state index contributed by atoms with van der Waals surface area (Å²) in [4.78, 5) is 13.4. The molecule has 3 aliphatic rings. The normalized spacial score (nSPS) is 28.1. The maximum Gasteiger partial charge on any atom is 0.220 e. The number of hydrogen-bond donors (Lipinski definition) is 12. The molecule has 0 aromatic rings. The van der Waals surface area contributed by atoms with Crippen molar-refractivity contribution in [3.05, 3.63) is 24.3 Å². The van der Waals surface area contributed by atoms with E-state index in [4.69, 9.17) is 28.4 Å². The lowest BCUT2D eigenvalue weighted by Gasteiger charge is -2.48. The molecule has 12 N–H and O–H groups in total. The van der Waals surface area contributed by atoms with Crippen LogP contribution in [0.3, 0.4) is 0 Å². The van der Waals surface area contributed by atoms with Crippen LogP contribution in [0.1, 0.15) is 290 Å². The van der Waals surface area contributed by atoms with E-state index in [2.05, 4.69) is 31.3 Å². The van der Waals surface area contributed by atoms with Gasteiger partial charge in [-0.05, 0) is 32.1 Å². The topological polar surface area (TPSA) is 307 Å². The first kappa shape index (κ1) is 82.5. The molecule has 3 rings (SSSR count). The fourth-order valence-electron chi connectivity index (χ4n) is 12.6. The number of unbranched alkanes of at least 4 members (excludes halogenated alkanes) is 39. The molecule has 19 nitrogen and oxygen atoms in total. The quantitative estimate of drug-likeness (QED) is 0.0199. The summed E-state index contributed by atoms with van der Waals surface area (Å²) in [5.41, 5.74) is 0.